The predicted octanol–water partition coefficient (Wildman–Crippen LogP) is 3.89. The van der Waals surface area contributed by atoms with Gasteiger partial charge in [-0.1, -0.05) is 24.3 Å². The van der Waals surface area contributed by atoms with Crippen molar-refractivity contribution in [3.8, 4) is 0 Å². The minimum absolute atomic E-state index is 0.125. The molecule has 4 bridgehead atoms. The molecule has 0 radical (unpaired) electrons. The first-order valence-corrected chi connectivity index (χ1v) is 11.4. The summed E-state index contributed by atoms with van der Waals surface area (Å²) in [5, 5.41) is 14.6. The van der Waals surface area contributed by atoms with Crippen molar-refractivity contribution in [3.63, 3.8) is 0 Å². The number of benzene rings is 1. The summed E-state index contributed by atoms with van der Waals surface area (Å²) in [5.74, 6) is 3.28. The standard InChI is InChI=1S/C24H32N2O2/c27-22-20-5-2-1-4-17(20)13-24(22)6-3-7-26(14-24)23(28)25-21-18-9-15-8-16(11-18)12-19(21)10-15/h1-2,4-5,15-16,18-19,21-22,27H,3,6-14H2,(H,25,28). The molecule has 2 unspecified atom stereocenters. The molecule has 1 saturated heterocycles. The molecule has 5 aliphatic carbocycles. The van der Waals surface area contributed by atoms with E-state index in [0.29, 0.717) is 24.4 Å². The molecule has 1 aromatic rings. The van der Waals surface area contributed by atoms with Gasteiger partial charge >= 0.3 is 6.03 Å². The lowest BCUT2D eigenvalue weighted by atomic mass is 9.54. The molecule has 6 aliphatic rings. The van der Waals surface area contributed by atoms with Gasteiger partial charge in [-0.2, -0.15) is 0 Å². The first-order valence-electron chi connectivity index (χ1n) is 11.4. The Hall–Kier alpha value is -1.55. The first kappa shape index (κ1) is 17.3. The number of nitrogens with zero attached hydrogens (tertiary/aromatic N) is 1. The third-order valence-electron chi connectivity index (χ3n) is 8.88. The van der Waals surface area contributed by atoms with E-state index in [-0.39, 0.29) is 11.4 Å². The van der Waals surface area contributed by atoms with Gasteiger partial charge in [0.05, 0.1) is 6.10 Å². The van der Waals surface area contributed by atoms with Gasteiger partial charge in [-0.15, -0.1) is 0 Å². The minimum atomic E-state index is -0.444. The van der Waals surface area contributed by atoms with E-state index < -0.39 is 6.10 Å². The molecule has 1 aromatic carbocycles. The molecule has 4 heteroatoms. The number of aliphatic hydroxyl groups excluding tert-OH is 1. The van der Waals surface area contributed by atoms with E-state index in [1.807, 2.05) is 11.0 Å². The number of urea groups is 1. The Morgan fingerprint density at radius 2 is 1.79 bits per heavy atom. The molecular weight excluding hydrogens is 348 g/mol. The number of hydrogen-bond donors (Lipinski definition) is 2. The van der Waals surface area contributed by atoms with Crippen LogP contribution in [0.5, 0.6) is 0 Å². The number of carbonyl (C=O) groups is 1. The maximum Gasteiger partial charge on any atom is 0.317 e. The van der Waals surface area contributed by atoms with Gasteiger partial charge in [-0.3, -0.25) is 0 Å². The van der Waals surface area contributed by atoms with Crippen LogP contribution in [0.1, 0.15) is 62.2 Å². The average molecular weight is 381 g/mol. The SMILES string of the molecule is O=C(NC1C2CC3CC(C2)CC1C3)N1CCCC2(Cc3ccccc3C2O)C1. The molecule has 7 rings (SSSR count). The highest BCUT2D eigenvalue weighted by atomic mass is 16.3. The average Bonchev–Trinajstić information content (AvgIpc) is 2.95. The van der Waals surface area contributed by atoms with Crippen molar-refractivity contribution < 1.29 is 9.90 Å². The van der Waals surface area contributed by atoms with Gasteiger partial charge < -0.3 is 15.3 Å². The molecule has 2 N–H and O–H groups in total. The van der Waals surface area contributed by atoms with Crippen LogP contribution in [-0.4, -0.2) is 35.2 Å². The second-order valence-corrected chi connectivity index (χ2v) is 10.6. The van der Waals surface area contributed by atoms with E-state index in [0.717, 1.165) is 43.2 Å². The van der Waals surface area contributed by atoms with Gasteiger partial charge in [-0.25, -0.2) is 4.79 Å². The number of piperidine rings is 1. The summed E-state index contributed by atoms with van der Waals surface area (Å²) in [5.41, 5.74) is 2.15. The highest BCUT2D eigenvalue weighted by Gasteiger charge is 2.51. The van der Waals surface area contributed by atoms with E-state index in [4.69, 9.17) is 0 Å². The van der Waals surface area contributed by atoms with Crippen LogP contribution in [0.25, 0.3) is 0 Å². The van der Waals surface area contributed by atoms with Gasteiger partial charge in [0.2, 0.25) is 0 Å². The van der Waals surface area contributed by atoms with Crippen LogP contribution in [-0.2, 0) is 6.42 Å². The number of likely N-dealkylation sites (tertiary alicyclic amines) is 1. The van der Waals surface area contributed by atoms with Crippen LogP contribution in [0.2, 0.25) is 0 Å². The monoisotopic (exact) mass is 380 g/mol. The van der Waals surface area contributed by atoms with Crippen LogP contribution in [0.3, 0.4) is 0 Å². The first-order chi connectivity index (χ1) is 13.6. The van der Waals surface area contributed by atoms with Gasteiger partial charge in [0, 0.05) is 24.5 Å². The molecule has 2 atom stereocenters. The summed E-state index contributed by atoms with van der Waals surface area (Å²) in [6, 6.07) is 8.79. The van der Waals surface area contributed by atoms with Gasteiger partial charge in [-0.05, 0) is 86.2 Å². The lowest BCUT2D eigenvalue weighted by molar-refractivity contribution is -0.0219. The van der Waals surface area contributed by atoms with Crippen molar-refractivity contribution in [3.05, 3.63) is 35.4 Å². The van der Waals surface area contributed by atoms with Crippen LogP contribution in [0, 0.1) is 29.1 Å². The second kappa shape index (κ2) is 6.22. The molecule has 2 amide bonds. The topological polar surface area (TPSA) is 52.6 Å². The molecule has 150 valence electrons. The number of fused-ring (bicyclic) bond motifs is 1. The fourth-order valence-electron chi connectivity index (χ4n) is 7.86. The van der Waals surface area contributed by atoms with Crippen LogP contribution in [0.15, 0.2) is 24.3 Å². The number of amides is 2. The molecular formula is C24H32N2O2. The molecule has 0 aromatic heterocycles. The molecule has 1 spiro atoms. The van der Waals surface area contributed by atoms with E-state index in [1.165, 1.54) is 37.7 Å². The van der Waals surface area contributed by atoms with Gasteiger partial charge in [0.1, 0.15) is 0 Å². The summed E-state index contributed by atoms with van der Waals surface area (Å²) in [6.45, 7) is 1.51. The zero-order valence-corrected chi connectivity index (χ0v) is 16.6. The smallest absolute Gasteiger partial charge is 0.317 e. The number of nitrogens with one attached hydrogen (secondary N) is 1. The van der Waals surface area contributed by atoms with Crippen LogP contribution in [0.4, 0.5) is 4.79 Å². The van der Waals surface area contributed by atoms with E-state index in [1.54, 1.807) is 0 Å². The molecule has 1 heterocycles. The quantitative estimate of drug-likeness (QED) is 0.776. The normalized spacial score (nSPS) is 43.4. The Balaban J connectivity index is 1.17. The van der Waals surface area contributed by atoms with Crippen molar-refractivity contribution in [2.45, 2.75) is 63.5 Å². The predicted molar refractivity (Wildman–Crippen MR) is 108 cm³/mol. The molecule has 28 heavy (non-hydrogen) atoms. The molecule has 4 saturated carbocycles. The molecule has 4 nitrogen and oxygen atoms in total. The number of rotatable bonds is 1. The Kier molecular flexibility index (Phi) is 3.85. The maximum atomic E-state index is 13.2. The fraction of sp³-hybridized carbons (Fsp3) is 0.708. The lowest BCUT2D eigenvalue weighted by Gasteiger charge is -2.54. The van der Waals surface area contributed by atoms with Crippen molar-refractivity contribution in [1.29, 1.82) is 0 Å². The van der Waals surface area contributed by atoms with E-state index >= 15 is 0 Å². The third kappa shape index (κ3) is 2.56. The minimum Gasteiger partial charge on any atom is -0.388 e. The largest absolute Gasteiger partial charge is 0.388 e. The lowest BCUT2D eigenvalue weighted by Crippen LogP contribution is -2.59. The fourth-order valence-corrected chi connectivity index (χ4v) is 7.86. The molecule has 1 aliphatic heterocycles. The van der Waals surface area contributed by atoms with Crippen molar-refractivity contribution >= 4 is 6.03 Å². The number of hydrogen-bond acceptors (Lipinski definition) is 2. The summed E-state index contributed by atoms with van der Waals surface area (Å²) >= 11 is 0. The summed E-state index contributed by atoms with van der Waals surface area (Å²) in [4.78, 5) is 15.3. The number of carbonyl (C=O) groups excluding carboxylic acids is 1. The Morgan fingerprint density at radius 3 is 2.50 bits per heavy atom. The van der Waals surface area contributed by atoms with Gasteiger partial charge in [0.25, 0.3) is 0 Å². The van der Waals surface area contributed by atoms with Gasteiger partial charge in [0.15, 0.2) is 0 Å². The van der Waals surface area contributed by atoms with Crippen molar-refractivity contribution in [1.82, 2.24) is 10.2 Å². The molecule has 5 fully saturated rings. The maximum absolute atomic E-state index is 13.2. The summed E-state index contributed by atoms with van der Waals surface area (Å²) < 4.78 is 0. The Labute approximate surface area is 167 Å². The Bertz CT molecular complexity index is 765. The van der Waals surface area contributed by atoms with E-state index in [2.05, 4.69) is 23.5 Å². The highest BCUT2D eigenvalue weighted by molar-refractivity contribution is 5.75. The van der Waals surface area contributed by atoms with Crippen LogP contribution < -0.4 is 5.32 Å². The van der Waals surface area contributed by atoms with Crippen molar-refractivity contribution in [2.75, 3.05) is 13.1 Å². The van der Waals surface area contributed by atoms with Crippen molar-refractivity contribution in [2.24, 2.45) is 29.1 Å². The zero-order valence-electron chi connectivity index (χ0n) is 16.6. The summed E-state index contributed by atoms with van der Waals surface area (Å²) in [6.07, 6.45) is 9.20. The Morgan fingerprint density at radius 1 is 1.07 bits per heavy atom. The highest BCUT2D eigenvalue weighted by Crippen LogP contribution is 2.54. The van der Waals surface area contributed by atoms with Crippen LogP contribution >= 0.6 is 0 Å². The second-order valence-electron chi connectivity index (χ2n) is 10.6. The zero-order chi connectivity index (χ0) is 18.9. The van der Waals surface area contributed by atoms with E-state index in [9.17, 15) is 9.90 Å². The number of aliphatic hydroxyl groups is 1. The summed E-state index contributed by atoms with van der Waals surface area (Å²) in [7, 11) is 0. The third-order valence-corrected chi connectivity index (χ3v) is 8.88.